The normalized spacial score (nSPS) is 22.3. The molecule has 1 saturated carbocycles. The molecule has 1 aliphatic rings. The fraction of sp³-hybridized carbons (Fsp3) is 0.714. The quantitative estimate of drug-likeness (QED) is 0.00938. The van der Waals surface area contributed by atoms with Crippen molar-refractivity contribution < 1.29 is 82.0 Å². The highest BCUT2D eigenvalue weighted by Gasteiger charge is 2.54. The van der Waals surface area contributed by atoms with Gasteiger partial charge in [0.25, 0.3) is 0 Å². The van der Waals surface area contributed by atoms with E-state index < -0.39 is 89.6 Å². The first-order chi connectivity index (χ1) is 32.5. The van der Waals surface area contributed by atoms with Crippen LogP contribution in [0, 0.1) is 0 Å². The molecule has 0 bridgehead atoms. The topological polar surface area (TPSA) is 276 Å². The van der Waals surface area contributed by atoms with Gasteiger partial charge in [0, 0.05) is 12.8 Å². The van der Waals surface area contributed by atoms with Crippen molar-refractivity contribution in [2.24, 2.45) is 0 Å². The molecule has 1 fully saturated rings. The number of ether oxygens (including phenoxy) is 2. The highest BCUT2D eigenvalue weighted by atomic mass is 31.2. The summed E-state index contributed by atoms with van der Waals surface area (Å²) in [6.07, 6.45) is 28.7. The van der Waals surface area contributed by atoms with Gasteiger partial charge in [-0.05, 0) is 77.0 Å². The number of esters is 2. The maximum atomic E-state index is 13.0. The number of unbranched alkanes of at least 4 members (excludes halogenated alkanes) is 14. The SMILES string of the molecule is CCCCC/C=C\C=C/[C@H](O)C/C=C\C/C=C/CCCC(=O)O[C@H](COC(=O)CCCCCCCCC/C=C\C/C=C\CCCCC)COP(=O)(O)O[C@H]1C(O)C(O)C(O)[C@@H](OP(=O)(O)O)C1O. The summed E-state index contributed by atoms with van der Waals surface area (Å²) in [5.41, 5.74) is 0. The lowest BCUT2D eigenvalue weighted by Gasteiger charge is -2.43. The zero-order valence-electron chi connectivity index (χ0n) is 40.4. The van der Waals surface area contributed by atoms with Gasteiger partial charge < -0.3 is 49.7 Å². The fourth-order valence-electron chi connectivity index (χ4n) is 6.95. The van der Waals surface area contributed by atoms with Crippen molar-refractivity contribution in [3.05, 3.63) is 72.9 Å². The van der Waals surface area contributed by atoms with Crippen LogP contribution in [0.4, 0.5) is 0 Å². The minimum atomic E-state index is -5.38. The van der Waals surface area contributed by atoms with Gasteiger partial charge in [-0.3, -0.25) is 23.2 Å². The summed E-state index contributed by atoms with van der Waals surface area (Å²) in [6, 6.07) is 0. The number of hydrogen-bond acceptors (Lipinski definition) is 14. The number of aliphatic hydroxyl groups is 5. The Labute approximate surface area is 404 Å². The molecule has 0 radical (unpaired) electrons. The van der Waals surface area contributed by atoms with Crippen LogP contribution in [0.15, 0.2) is 72.9 Å². The van der Waals surface area contributed by atoms with E-state index in [1.165, 1.54) is 32.1 Å². The Hall–Kier alpha value is -2.60. The van der Waals surface area contributed by atoms with Crippen LogP contribution >= 0.6 is 15.6 Å². The Morgan fingerprint density at radius 2 is 1.04 bits per heavy atom. The number of hydrogen-bond donors (Lipinski definition) is 8. The van der Waals surface area contributed by atoms with Crippen LogP contribution in [-0.2, 0) is 41.8 Å². The second kappa shape index (κ2) is 39.1. The van der Waals surface area contributed by atoms with Crippen molar-refractivity contribution in [2.75, 3.05) is 13.2 Å². The molecule has 19 heteroatoms. The van der Waals surface area contributed by atoms with Crippen LogP contribution in [0.25, 0.3) is 0 Å². The number of phosphoric acid groups is 2. The van der Waals surface area contributed by atoms with E-state index in [4.69, 9.17) is 18.5 Å². The standard InChI is InChI=1S/C49H84O17P2/c1-3-5-7-9-11-12-13-14-15-16-17-18-19-20-24-28-32-36-42(51)62-38-41(39-63-68(60,61)66-49-46(55)44(53)45(54)48(47(49)56)65-67(57,58)59)64-43(52)37-33-29-25-21-23-27-31-35-40(50)34-30-26-22-10-8-6-4-2/h11-12,14-15,21-22,25-27,30-31,34,40-41,44-50,53-56H,3-10,13,16-20,23-24,28-29,32-33,35-39H2,1-2H3,(H,60,61)(H2,57,58,59)/b12-11-,15-14-,25-21+,26-22-,31-27-,34-30-/t40-,41+,44?,45?,46?,47?,48+,49-/m0/s1. The van der Waals surface area contributed by atoms with E-state index in [0.29, 0.717) is 32.1 Å². The summed E-state index contributed by atoms with van der Waals surface area (Å²) in [7, 11) is -10.7. The number of phosphoric ester groups is 2. The third kappa shape index (κ3) is 33.1. The summed E-state index contributed by atoms with van der Waals surface area (Å²) in [6.45, 7) is 2.93. The van der Waals surface area contributed by atoms with Crippen molar-refractivity contribution in [1.82, 2.24) is 0 Å². The predicted molar refractivity (Wildman–Crippen MR) is 261 cm³/mol. The summed E-state index contributed by atoms with van der Waals surface area (Å²) in [5, 5.41) is 51.4. The maximum absolute atomic E-state index is 13.0. The molecule has 1 aliphatic carbocycles. The molecule has 0 saturated heterocycles. The fourth-order valence-corrected chi connectivity index (χ4v) is 8.49. The van der Waals surface area contributed by atoms with Crippen molar-refractivity contribution >= 4 is 27.6 Å². The molecule has 8 N–H and O–H groups in total. The van der Waals surface area contributed by atoms with E-state index in [-0.39, 0.29) is 12.8 Å². The number of aliphatic hydroxyl groups excluding tert-OH is 5. The van der Waals surface area contributed by atoms with Gasteiger partial charge in [-0.15, -0.1) is 0 Å². The number of carbonyl (C=O) groups is 2. The van der Waals surface area contributed by atoms with Gasteiger partial charge in [0.2, 0.25) is 0 Å². The van der Waals surface area contributed by atoms with E-state index in [1.807, 2.05) is 36.5 Å². The Bertz CT molecular complexity index is 1610. The maximum Gasteiger partial charge on any atom is 0.472 e. The van der Waals surface area contributed by atoms with Crippen molar-refractivity contribution in [2.45, 2.75) is 210 Å². The smallest absolute Gasteiger partial charge is 0.462 e. The first-order valence-electron chi connectivity index (χ1n) is 24.6. The van der Waals surface area contributed by atoms with Gasteiger partial charge in [-0.25, -0.2) is 9.13 Å². The van der Waals surface area contributed by atoms with E-state index in [1.54, 1.807) is 6.08 Å². The molecule has 9 atom stereocenters. The number of allylic oxidation sites excluding steroid dienone is 10. The Morgan fingerprint density at radius 1 is 0.544 bits per heavy atom. The molecule has 0 aliphatic heterocycles. The van der Waals surface area contributed by atoms with Crippen LogP contribution in [0.2, 0.25) is 0 Å². The average molecular weight is 1010 g/mol. The lowest BCUT2D eigenvalue weighted by atomic mass is 9.85. The van der Waals surface area contributed by atoms with Crippen LogP contribution in [0.5, 0.6) is 0 Å². The Kier molecular flexibility index (Phi) is 36.4. The molecule has 0 aromatic carbocycles. The minimum absolute atomic E-state index is 0.0708. The Balaban J connectivity index is 2.65. The molecule has 0 amide bonds. The first kappa shape index (κ1) is 63.4. The summed E-state index contributed by atoms with van der Waals surface area (Å²) < 4.78 is 49.3. The average Bonchev–Trinajstić information content (AvgIpc) is 3.29. The van der Waals surface area contributed by atoms with Crippen LogP contribution in [0.3, 0.4) is 0 Å². The first-order valence-corrected chi connectivity index (χ1v) is 27.6. The molecule has 17 nitrogen and oxygen atoms in total. The molecule has 392 valence electrons. The molecule has 68 heavy (non-hydrogen) atoms. The largest absolute Gasteiger partial charge is 0.472 e. The van der Waals surface area contributed by atoms with Gasteiger partial charge in [0.1, 0.15) is 43.2 Å². The van der Waals surface area contributed by atoms with Gasteiger partial charge in [0.05, 0.1) is 12.7 Å². The van der Waals surface area contributed by atoms with Crippen molar-refractivity contribution in [3.63, 3.8) is 0 Å². The third-order valence-electron chi connectivity index (χ3n) is 10.8. The molecule has 1 rings (SSSR count). The Morgan fingerprint density at radius 3 is 1.63 bits per heavy atom. The number of rotatable bonds is 40. The monoisotopic (exact) mass is 1010 g/mol. The highest BCUT2D eigenvalue weighted by Crippen LogP contribution is 2.49. The lowest BCUT2D eigenvalue weighted by Crippen LogP contribution is -2.64. The van der Waals surface area contributed by atoms with Crippen molar-refractivity contribution in [3.8, 4) is 0 Å². The van der Waals surface area contributed by atoms with Gasteiger partial charge in [-0.1, -0.05) is 145 Å². The minimum Gasteiger partial charge on any atom is -0.462 e. The third-order valence-corrected chi connectivity index (χ3v) is 12.3. The van der Waals surface area contributed by atoms with Gasteiger partial charge in [0.15, 0.2) is 6.10 Å². The summed E-state index contributed by atoms with van der Waals surface area (Å²) >= 11 is 0. The van der Waals surface area contributed by atoms with E-state index in [9.17, 15) is 58.9 Å². The molecule has 0 aromatic rings. The predicted octanol–water partition coefficient (Wildman–Crippen LogP) is 8.59. The van der Waals surface area contributed by atoms with E-state index in [0.717, 1.165) is 70.6 Å². The summed E-state index contributed by atoms with van der Waals surface area (Å²) in [5.74, 6) is -1.33. The molecule has 0 spiro atoms. The van der Waals surface area contributed by atoms with Gasteiger partial charge >= 0.3 is 27.6 Å². The molecular weight excluding hydrogens is 922 g/mol. The molecule has 0 aromatic heterocycles. The second-order valence-corrected chi connectivity index (χ2v) is 19.6. The highest BCUT2D eigenvalue weighted by molar-refractivity contribution is 7.47. The molecular formula is C49H84O17P2. The van der Waals surface area contributed by atoms with Crippen LogP contribution in [-0.4, -0.2) is 114 Å². The van der Waals surface area contributed by atoms with E-state index >= 15 is 0 Å². The molecule has 5 unspecified atom stereocenters. The van der Waals surface area contributed by atoms with Crippen LogP contribution < -0.4 is 0 Å². The number of carbonyl (C=O) groups excluding carboxylic acids is 2. The van der Waals surface area contributed by atoms with E-state index in [2.05, 4.69) is 48.8 Å². The molecule has 0 heterocycles. The summed E-state index contributed by atoms with van der Waals surface area (Å²) in [4.78, 5) is 54.3. The zero-order chi connectivity index (χ0) is 50.5. The lowest BCUT2D eigenvalue weighted by molar-refractivity contribution is -0.216. The van der Waals surface area contributed by atoms with Crippen molar-refractivity contribution in [1.29, 1.82) is 0 Å². The zero-order valence-corrected chi connectivity index (χ0v) is 42.2. The second-order valence-electron chi connectivity index (χ2n) is 17.0. The van der Waals surface area contributed by atoms with Gasteiger partial charge in [-0.2, -0.15) is 0 Å². The van der Waals surface area contributed by atoms with Crippen LogP contribution in [0.1, 0.15) is 162 Å².